The molecule has 11 nitrogen and oxygen atoms in total. The first-order valence-corrected chi connectivity index (χ1v) is 7.70. The summed E-state index contributed by atoms with van der Waals surface area (Å²) in [7, 11) is -5.32. The largest absolute Gasteiger partial charge is 0.394 e. The van der Waals surface area contributed by atoms with Crippen molar-refractivity contribution in [3.8, 4) is 0 Å². The van der Waals surface area contributed by atoms with Gasteiger partial charge in [0.05, 0.1) is 6.61 Å². The minimum Gasteiger partial charge on any atom is -0.394 e. The first-order chi connectivity index (χ1) is 9.98. The molecule has 0 aliphatic carbocycles. The lowest BCUT2D eigenvalue weighted by molar-refractivity contribution is -0.137. The molecule has 1 aromatic heterocycles. The standard InChI is InChI=1S/C10H16N3O8P/c1-9(13-3-2-6(11)12-8(13)16)7(15)10(17,22(18,19)20)5(4-14)21-9/h2-3,5,7,14-15,17H,4H2,1H3,(H2,11,12,16)(H2,18,19,20)/t5-,7+,9-,10+/m1/s1. The zero-order chi connectivity index (χ0) is 16.9. The van der Waals surface area contributed by atoms with Crippen molar-refractivity contribution in [1.82, 2.24) is 9.55 Å². The van der Waals surface area contributed by atoms with Crippen molar-refractivity contribution in [2.45, 2.75) is 30.2 Å². The van der Waals surface area contributed by atoms with E-state index in [4.69, 9.17) is 10.5 Å². The molecular weight excluding hydrogens is 321 g/mol. The first kappa shape index (κ1) is 17.0. The van der Waals surface area contributed by atoms with Gasteiger partial charge in [0, 0.05) is 6.20 Å². The van der Waals surface area contributed by atoms with Gasteiger partial charge >= 0.3 is 13.3 Å². The van der Waals surface area contributed by atoms with Crippen LogP contribution in [0, 0.1) is 0 Å². The Hall–Kier alpha value is -1.33. The fourth-order valence-corrected chi connectivity index (χ4v) is 3.54. The lowest BCUT2D eigenvalue weighted by Crippen LogP contribution is -2.54. The molecule has 12 heteroatoms. The topological polar surface area (TPSA) is 188 Å². The van der Waals surface area contributed by atoms with E-state index in [0.29, 0.717) is 0 Å². The SMILES string of the molecule is C[C@@]1(n2ccc(N)nc2=O)O[C@H](CO)[C@](O)(P(=O)(O)O)[C@H]1O. The van der Waals surface area contributed by atoms with Crippen molar-refractivity contribution in [2.24, 2.45) is 0 Å². The van der Waals surface area contributed by atoms with E-state index in [1.165, 1.54) is 6.07 Å². The Morgan fingerprint density at radius 3 is 2.55 bits per heavy atom. The van der Waals surface area contributed by atoms with E-state index < -0.39 is 43.2 Å². The summed E-state index contributed by atoms with van der Waals surface area (Å²) >= 11 is 0. The summed E-state index contributed by atoms with van der Waals surface area (Å²) in [5.74, 6) is -0.110. The molecule has 1 fully saturated rings. The molecule has 1 saturated heterocycles. The highest BCUT2D eigenvalue weighted by molar-refractivity contribution is 7.53. The van der Waals surface area contributed by atoms with Crippen LogP contribution in [0.1, 0.15) is 6.92 Å². The third-order valence-corrected chi connectivity index (χ3v) is 5.17. The van der Waals surface area contributed by atoms with Crippen LogP contribution in [0.2, 0.25) is 0 Å². The number of ether oxygens (including phenoxy) is 1. The quantitative estimate of drug-likeness (QED) is 0.312. The van der Waals surface area contributed by atoms with E-state index >= 15 is 0 Å². The second kappa shape index (κ2) is 5.10. The van der Waals surface area contributed by atoms with Gasteiger partial charge in [0.2, 0.25) is 5.34 Å². The van der Waals surface area contributed by atoms with E-state index in [9.17, 15) is 34.5 Å². The number of nitrogen functional groups attached to an aromatic ring is 1. The lowest BCUT2D eigenvalue weighted by Gasteiger charge is -2.33. The molecule has 0 unspecified atom stereocenters. The number of rotatable bonds is 3. The molecule has 0 amide bonds. The van der Waals surface area contributed by atoms with Crippen LogP contribution in [0.3, 0.4) is 0 Å². The van der Waals surface area contributed by atoms with Crippen LogP contribution in [-0.2, 0) is 15.0 Å². The predicted octanol–water partition coefficient (Wildman–Crippen LogP) is -2.88. The highest BCUT2D eigenvalue weighted by Gasteiger charge is 2.70. The maximum absolute atomic E-state index is 11.9. The van der Waals surface area contributed by atoms with Crippen molar-refractivity contribution in [1.29, 1.82) is 0 Å². The number of aliphatic hydroxyl groups excluding tert-OH is 2. The van der Waals surface area contributed by atoms with Crippen molar-refractivity contribution < 1.29 is 34.4 Å². The van der Waals surface area contributed by atoms with Gasteiger partial charge < -0.3 is 35.6 Å². The van der Waals surface area contributed by atoms with Crippen LogP contribution in [0.15, 0.2) is 17.1 Å². The monoisotopic (exact) mass is 337 g/mol. The molecule has 0 spiro atoms. The highest BCUT2D eigenvalue weighted by Crippen LogP contribution is 2.60. The Kier molecular flexibility index (Phi) is 3.95. The summed E-state index contributed by atoms with van der Waals surface area (Å²) in [6.45, 7) is 0.124. The zero-order valence-corrected chi connectivity index (χ0v) is 12.3. The fourth-order valence-electron chi connectivity index (χ4n) is 2.47. The second-order valence-corrected chi connectivity index (χ2v) is 6.88. The zero-order valence-electron chi connectivity index (χ0n) is 11.4. The van der Waals surface area contributed by atoms with Gasteiger partial charge in [-0.1, -0.05) is 0 Å². The fraction of sp³-hybridized carbons (Fsp3) is 0.600. The highest BCUT2D eigenvalue weighted by atomic mass is 31.2. The van der Waals surface area contributed by atoms with Crippen molar-refractivity contribution >= 4 is 13.4 Å². The Balaban J connectivity index is 2.63. The number of hydrogen-bond donors (Lipinski definition) is 6. The number of aromatic nitrogens is 2. The van der Waals surface area contributed by atoms with Crippen molar-refractivity contribution in [2.75, 3.05) is 12.3 Å². The Bertz CT molecular complexity index is 689. The van der Waals surface area contributed by atoms with Crippen molar-refractivity contribution in [3.05, 3.63) is 22.7 Å². The van der Waals surface area contributed by atoms with Gasteiger partial charge in [0.25, 0.3) is 0 Å². The van der Waals surface area contributed by atoms with Crippen LogP contribution in [0.4, 0.5) is 5.82 Å². The third kappa shape index (κ3) is 2.18. The summed E-state index contributed by atoms with van der Waals surface area (Å²) in [4.78, 5) is 33.9. The average molecular weight is 337 g/mol. The molecule has 22 heavy (non-hydrogen) atoms. The van der Waals surface area contributed by atoms with Gasteiger partial charge in [-0.15, -0.1) is 0 Å². The molecule has 0 aromatic carbocycles. The molecule has 1 aromatic rings. The number of hydrogen-bond acceptors (Lipinski definition) is 8. The molecule has 7 N–H and O–H groups in total. The molecule has 124 valence electrons. The molecule has 1 aliphatic heterocycles. The summed E-state index contributed by atoms with van der Waals surface area (Å²) in [5.41, 5.74) is 2.31. The number of anilines is 1. The minimum absolute atomic E-state index is 0.110. The molecule has 2 heterocycles. The smallest absolute Gasteiger partial charge is 0.362 e. The van der Waals surface area contributed by atoms with Crippen molar-refractivity contribution in [3.63, 3.8) is 0 Å². The van der Waals surface area contributed by atoms with Gasteiger partial charge in [-0.25, -0.2) is 4.79 Å². The van der Waals surface area contributed by atoms with E-state index in [-0.39, 0.29) is 5.82 Å². The molecular formula is C10H16N3O8P. The van der Waals surface area contributed by atoms with Gasteiger partial charge in [0.15, 0.2) is 5.72 Å². The summed E-state index contributed by atoms with van der Waals surface area (Å²) in [6, 6.07) is 1.20. The molecule has 1 aliphatic rings. The Morgan fingerprint density at radius 2 is 2.14 bits per heavy atom. The van der Waals surface area contributed by atoms with Crippen LogP contribution in [0.5, 0.6) is 0 Å². The van der Waals surface area contributed by atoms with E-state index in [1.807, 2.05) is 0 Å². The number of nitrogens with two attached hydrogens (primary N) is 1. The minimum atomic E-state index is -5.32. The van der Waals surface area contributed by atoms with Gasteiger partial charge in [-0.2, -0.15) is 4.98 Å². The lowest BCUT2D eigenvalue weighted by atomic mass is 10.0. The van der Waals surface area contributed by atoms with Gasteiger partial charge in [0.1, 0.15) is 18.0 Å². The molecule has 2 rings (SSSR count). The first-order valence-electron chi connectivity index (χ1n) is 6.09. The van der Waals surface area contributed by atoms with Crippen LogP contribution < -0.4 is 11.4 Å². The average Bonchev–Trinajstić information content (AvgIpc) is 2.61. The van der Waals surface area contributed by atoms with Crippen LogP contribution in [0.25, 0.3) is 0 Å². The van der Waals surface area contributed by atoms with E-state index in [0.717, 1.165) is 17.7 Å². The number of nitrogens with zero attached hydrogens (tertiary/aromatic N) is 2. The maximum atomic E-state index is 11.9. The molecule has 0 bridgehead atoms. The Morgan fingerprint density at radius 1 is 1.55 bits per heavy atom. The Labute approximate surface area is 123 Å². The van der Waals surface area contributed by atoms with Gasteiger partial charge in [-0.05, 0) is 13.0 Å². The number of aliphatic hydroxyl groups is 3. The maximum Gasteiger partial charge on any atom is 0.362 e. The van der Waals surface area contributed by atoms with Crippen LogP contribution >= 0.6 is 7.60 Å². The van der Waals surface area contributed by atoms with E-state index in [2.05, 4.69) is 4.98 Å². The molecule has 4 atom stereocenters. The van der Waals surface area contributed by atoms with Gasteiger partial charge in [-0.3, -0.25) is 9.13 Å². The normalized spacial score (nSPS) is 35.7. The third-order valence-electron chi connectivity index (χ3n) is 3.70. The van der Waals surface area contributed by atoms with E-state index in [1.54, 1.807) is 0 Å². The molecule has 0 saturated carbocycles. The summed E-state index contributed by atoms with van der Waals surface area (Å²) < 4.78 is 17.5. The van der Waals surface area contributed by atoms with Crippen LogP contribution in [-0.4, -0.2) is 58.8 Å². The molecule has 0 radical (unpaired) electrons. The predicted molar refractivity (Wildman–Crippen MR) is 71.5 cm³/mol. The summed E-state index contributed by atoms with van der Waals surface area (Å²) in [5, 5.41) is 26.6. The summed E-state index contributed by atoms with van der Waals surface area (Å²) in [6.07, 6.45) is -2.95. The second-order valence-electron chi connectivity index (χ2n) is 5.08.